The van der Waals surface area contributed by atoms with Gasteiger partial charge in [-0.1, -0.05) is 48.0 Å². The molecular formula is C30H33N3O4. The molecule has 0 radical (unpaired) electrons. The number of nitrogens with one attached hydrogen (secondary N) is 2. The molecule has 7 nitrogen and oxygen atoms in total. The highest BCUT2D eigenvalue weighted by atomic mass is 16.5. The van der Waals surface area contributed by atoms with E-state index in [4.69, 9.17) is 4.74 Å². The molecule has 192 valence electrons. The lowest BCUT2D eigenvalue weighted by Gasteiger charge is -2.17. The predicted octanol–water partition coefficient (Wildman–Crippen LogP) is 4.34. The lowest BCUT2D eigenvalue weighted by Crippen LogP contribution is -2.34. The Kier molecular flexibility index (Phi) is 8.23. The van der Waals surface area contributed by atoms with Gasteiger partial charge in [-0.05, 0) is 68.1 Å². The molecule has 0 aliphatic carbocycles. The van der Waals surface area contributed by atoms with Gasteiger partial charge in [0.2, 0.25) is 11.8 Å². The molecule has 1 atom stereocenters. The van der Waals surface area contributed by atoms with Gasteiger partial charge in [-0.25, -0.2) is 0 Å². The normalized spacial score (nSPS) is 14.9. The van der Waals surface area contributed by atoms with Gasteiger partial charge >= 0.3 is 0 Å². The maximum absolute atomic E-state index is 12.6. The Bertz CT molecular complexity index is 1250. The number of rotatable bonds is 9. The van der Waals surface area contributed by atoms with Crippen molar-refractivity contribution in [1.82, 2.24) is 5.32 Å². The summed E-state index contributed by atoms with van der Waals surface area (Å²) in [6.45, 7) is 6.71. The van der Waals surface area contributed by atoms with E-state index >= 15 is 0 Å². The number of anilines is 2. The van der Waals surface area contributed by atoms with Crippen molar-refractivity contribution in [1.29, 1.82) is 0 Å². The Morgan fingerprint density at radius 2 is 1.65 bits per heavy atom. The first-order chi connectivity index (χ1) is 17.8. The quantitative estimate of drug-likeness (QED) is 0.459. The number of benzene rings is 3. The average molecular weight is 500 g/mol. The van der Waals surface area contributed by atoms with Crippen molar-refractivity contribution in [3.05, 3.63) is 89.0 Å². The third-order valence-electron chi connectivity index (χ3n) is 6.51. The van der Waals surface area contributed by atoms with Crippen LogP contribution in [0.1, 0.15) is 28.7 Å². The fourth-order valence-corrected chi connectivity index (χ4v) is 4.68. The van der Waals surface area contributed by atoms with Gasteiger partial charge < -0.3 is 20.3 Å². The molecule has 1 fully saturated rings. The first-order valence-corrected chi connectivity index (χ1v) is 12.5. The molecule has 1 saturated heterocycles. The highest BCUT2D eigenvalue weighted by Gasteiger charge is 2.35. The second-order valence-electron chi connectivity index (χ2n) is 9.54. The van der Waals surface area contributed by atoms with E-state index < -0.39 is 0 Å². The van der Waals surface area contributed by atoms with E-state index in [-0.39, 0.29) is 36.7 Å². The van der Waals surface area contributed by atoms with Crippen molar-refractivity contribution >= 4 is 29.1 Å². The summed E-state index contributed by atoms with van der Waals surface area (Å²) in [6.07, 6.45) is 0.939. The van der Waals surface area contributed by atoms with Crippen LogP contribution >= 0.6 is 0 Å². The minimum absolute atomic E-state index is 0.0832. The highest BCUT2D eigenvalue weighted by Crippen LogP contribution is 2.27. The molecule has 4 rings (SSSR count). The van der Waals surface area contributed by atoms with Crippen LogP contribution in [0.2, 0.25) is 0 Å². The Morgan fingerprint density at radius 3 is 2.32 bits per heavy atom. The van der Waals surface area contributed by atoms with Gasteiger partial charge in [0.05, 0.1) is 5.92 Å². The van der Waals surface area contributed by atoms with Crippen LogP contribution in [0, 0.1) is 26.7 Å². The third-order valence-corrected chi connectivity index (χ3v) is 6.51. The molecule has 0 spiro atoms. The van der Waals surface area contributed by atoms with Crippen LogP contribution < -0.4 is 20.3 Å². The van der Waals surface area contributed by atoms with Gasteiger partial charge in [-0.2, -0.15) is 0 Å². The molecule has 37 heavy (non-hydrogen) atoms. The predicted molar refractivity (Wildman–Crippen MR) is 145 cm³/mol. The van der Waals surface area contributed by atoms with E-state index in [0.717, 1.165) is 34.4 Å². The Labute approximate surface area is 217 Å². The zero-order valence-electron chi connectivity index (χ0n) is 21.5. The van der Waals surface area contributed by atoms with Gasteiger partial charge in [0.1, 0.15) is 5.75 Å². The molecule has 0 bridgehead atoms. The lowest BCUT2D eigenvalue weighted by molar-refractivity contribution is -0.126. The highest BCUT2D eigenvalue weighted by molar-refractivity contribution is 6.00. The van der Waals surface area contributed by atoms with Gasteiger partial charge in [0.15, 0.2) is 6.61 Å². The van der Waals surface area contributed by atoms with Crippen molar-refractivity contribution in [2.24, 2.45) is 5.92 Å². The third kappa shape index (κ3) is 6.76. The summed E-state index contributed by atoms with van der Waals surface area (Å²) in [5.74, 6) is -0.276. The zero-order chi connectivity index (χ0) is 26.4. The molecule has 7 heteroatoms. The van der Waals surface area contributed by atoms with Crippen LogP contribution in [0.4, 0.5) is 11.4 Å². The molecule has 2 N–H and O–H groups in total. The summed E-state index contributed by atoms with van der Waals surface area (Å²) in [5.41, 5.74) is 5.83. The lowest BCUT2D eigenvalue weighted by atomic mass is 10.1. The first kappa shape index (κ1) is 25.9. The molecule has 0 saturated carbocycles. The number of carbonyl (C=O) groups excluding carboxylic acids is 3. The minimum Gasteiger partial charge on any atom is -0.484 e. The number of amides is 3. The summed E-state index contributed by atoms with van der Waals surface area (Å²) < 4.78 is 5.65. The monoisotopic (exact) mass is 499 g/mol. The molecular weight excluding hydrogens is 466 g/mol. The SMILES string of the molecule is Cc1cc(C)c(NC(=O)COc2ccc(N3C[C@@H](C(=O)NCCc4ccccc4)CC3=O)cc2)c(C)c1. The van der Waals surface area contributed by atoms with Crippen molar-refractivity contribution in [2.75, 3.05) is 29.9 Å². The number of carbonyl (C=O) groups is 3. The molecule has 0 aromatic heterocycles. The second kappa shape index (κ2) is 11.7. The maximum Gasteiger partial charge on any atom is 0.262 e. The van der Waals surface area contributed by atoms with E-state index in [0.29, 0.717) is 24.5 Å². The Hall–Kier alpha value is -4.13. The summed E-state index contributed by atoms with van der Waals surface area (Å²) >= 11 is 0. The van der Waals surface area contributed by atoms with E-state index in [2.05, 4.69) is 10.6 Å². The van der Waals surface area contributed by atoms with Crippen LogP contribution in [-0.4, -0.2) is 37.4 Å². The standard InChI is InChI=1S/C30H33N3O4/c1-20-15-21(2)29(22(3)16-20)32-27(34)19-37-26-11-9-25(10-12-26)33-18-24(17-28(33)35)30(36)31-14-13-23-7-5-4-6-8-23/h4-12,15-16,24H,13-14,17-19H2,1-3H3,(H,31,36)(H,32,34)/t24-/m0/s1. The number of aryl methyl sites for hydroxylation is 3. The summed E-state index contributed by atoms with van der Waals surface area (Å²) in [5, 5.41) is 5.88. The van der Waals surface area contributed by atoms with Gasteiger partial charge in [-0.3, -0.25) is 14.4 Å². The van der Waals surface area contributed by atoms with Crippen LogP contribution in [0.15, 0.2) is 66.7 Å². The van der Waals surface area contributed by atoms with Crippen molar-refractivity contribution in [3.63, 3.8) is 0 Å². The molecule has 0 unspecified atom stereocenters. The average Bonchev–Trinajstić information content (AvgIpc) is 3.27. The van der Waals surface area contributed by atoms with Crippen molar-refractivity contribution in [2.45, 2.75) is 33.6 Å². The molecule has 3 aromatic rings. The van der Waals surface area contributed by atoms with Gasteiger partial charge in [0, 0.05) is 30.9 Å². The fourth-order valence-electron chi connectivity index (χ4n) is 4.68. The van der Waals surface area contributed by atoms with Gasteiger partial charge in [-0.15, -0.1) is 0 Å². The number of hydrogen-bond donors (Lipinski definition) is 2. The van der Waals surface area contributed by atoms with E-state index in [1.807, 2.05) is 63.2 Å². The van der Waals surface area contributed by atoms with Gasteiger partial charge in [0.25, 0.3) is 5.91 Å². The molecule has 1 aliphatic rings. The second-order valence-corrected chi connectivity index (χ2v) is 9.54. The minimum atomic E-state index is -0.378. The van der Waals surface area contributed by atoms with Crippen molar-refractivity contribution in [3.8, 4) is 5.75 Å². The number of ether oxygens (including phenoxy) is 1. The first-order valence-electron chi connectivity index (χ1n) is 12.5. The summed E-state index contributed by atoms with van der Waals surface area (Å²) in [4.78, 5) is 39.2. The van der Waals surface area contributed by atoms with Crippen LogP contribution in [0.3, 0.4) is 0 Å². The van der Waals surface area contributed by atoms with Crippen LogP contribution in [0.25, 0.3) is 0 Å². The van der Waals surface area contributed by atoms with E-state index in [9.17, 15) is 14.4 Å². The maximum atomic E-state index is 12.6. The van der Waals surface area contributed by atoms with E-state index in [1.165, 1.54) is 0 Å². The molecule has 3 aromatic carbocycles. The smallest absolute Gasteiger partial charge is 0.262 e. The van der Waals surface area contributed by atoms with E-state index in [1.54, 1.807) is 29.2 Å². The molecule has 1 heterocycles. The largest absolute Gasteiger partial charge is 0.484 e. The van der Waals surface area contributed by atoms with Crippen LogP contribution in [0.5, 0.6) is 5.75 Å². The Morgan fingerprint density at radius 1 is 0.973 bits per heavy atom. The molecule has 1 aliphatic heterocycles. The van der Waals surface area contributed by atoms with Crippen LogP contribution in [-0.2, 0) is 20.8 Å². The zero-order valence-corrected chi connectivity index (χ0v) is 21.5. The summed E-state index contributed by atoms with van der Waals surface area (Å²) in [6, 6.07) is 21.0. The number of nitrogens with zero attached hydrogens (tertiary/aromatic N) is 1. The topological polar surface area (TPSA) is 87.7 Å². The number of hydrogen-bond acceptors (Lipinski definition) is 4. The molecule has 3 amide bonds. The summed E-state index contributed by atoms with van der Waals surface area (Å²) in [7, 11) is 0. The Balaban J connectivity index is 1.26. The fraction of sp³-hybridized carbons (Fsp3) is 0.300. The van der Waals surface area contributed by atoms with Crippen molar-refractivity contribution < 1.29 is 19.1 Å².